The second kappa shape index (κ2) is 7.08. The summed E-state index contributed by atoms with van der Waals surface area (Å²) in [6.45, 7) is 4.21. The number of aryl methyl sites for hydroxylation is 1. The number of nitrogens with one attached hydrogen (secondary N) is 1. The van der Waals surface area contributed by atoms with Crippen molar-refractivity contribution in [2.24, 2.45) is 0 Å². The topological polar surface area (TPSA) is 53.8 Å². The van der Waals surface area contributed by atoms with Gasteiger partial charge in [-0.2, -0.15) is 5.10 Å². The Bertz CT molecular complexity index is 1140. The van der Waals surface area contributed by atoms with E-state index in [4.69, 9.17) is 11.6 Å². The summed E-state index contributed by atoms with van der Waals surface area (Å²) in [6, 6.07) is 10.9. The van der Waals surface area contributed by atoms with Crippen molar-refractivity contribution >= 4 is 22.5 Å². The van der Waals surface area contributed by atoms with E-state index in [2.05, 4.69) is 16.1 Å². The van der Waals surface area contributed by atoms with Crippen LogP contribution in [-0.4, -0.2) is 25.5 Å². The highest BCUT2D eigenvalue weighted by Gasteiger charge is 2.15. The minimum absolute atomic E-state index is 0.119. The predicted octanol–water partition coefficient (Wildman–Crippen LogP) is 5.65. The van der Waals surface area contributed by atoms with Crippen molar-refractivity contribution in [3.05, 3.63) is 65.8 Å². The van der Waals surface area contributed by atoms with Crippen LogP contribution in [0.5, 0.6) is 0 Å². The summed E-state index contributed by atoms with van der Waals surface area (Å²) < 4.78 is 15.7. The molecule has 0 saturated carbocycles. The lowest BCUT2D eigenvalue weighted by atomic mass is 10.0. The van der Waals surface area contributed by atoms with Crippen molar-refractivity contribution in [3.63, 3.8) is 0 Å². The molecule has 144 valence electrons. The Hall–Kier alpha value is -2.63. The average molecular weight is 398 g/mol. The maximum atomic E-state index is 13.9. The van der Waals surface area contributed by atoms with Gasteiger partial charge >= 0.3 is 0 Å². The van der Waals surface area contributed by atoms with E-state index in [-0.39, 0.29) is 5.02 Å². The van der Waals surface area contributed by atoms with Crippen LogP contribution in [0, 0.1) is 5.82 Å². The third-order valence-electron chi connectivity index (χ3n) is 4.84. The smallest absolute Gasteiger partial charge is 0.142 e. The van der Waals surface area contributed by atoms with Gasteiger partial charge in [0, 0.05) is 46.5 Å². The van der Waals surface area contributed by atoms with Gasteiger partial charge in [0.15, 0.2) is 0 Å². The summed E-state index contributed by atoms with van der Waals surface area (Å²) in [6.07, 6.45) is 6.25. The number of aliphatic hydroxyl groups is 1. The van der Waals surface area contributed by atoms with E-state index >= 15 is 0 Å². The highest BCUT2D eigenvalue weighted by atomic mass is 35.5. The molecule has 4 nitrogen and oxygen atoms in total. The fraction of sp³-hybridized carbons (Fsp3) is 0.227. The van der Waals surface area contributed by atoms with Crippen molar-refractivity contribution in [2.45, 2.75) is 32.4 Å². The molecule has 4 rings (SSSR count). The largest absolute Gasteiger partial charge is 0.390 e. The first-order chi connectivity index (χ1) is 13.3. The number of H-pyrrole nitrogens is 1. The van der Waals surface area contributed by atoms with Gasteiger partial charge in [-0.15, -0.1) is 0 Å². The lowest BCUT2D eigenvalue weighted by Crippen LogP contribution is -2.21. The standard InChI is InChI=1S/C22H21ClFN3O/c1-22(2,28)8-9-27-13-15(11-26-27)14-6-7-20-17(10-14)18(12-25-20)16-4-3-5-19(24)21(16)23/h3-7,10-13,25,28H,8-9H2,1-2H3. The highest BCUT2D eigenvalue weighted by molar-refractivity contribution is 6.33. The molecule has 0 saturated heterocycles. The molecule has 2 aromatic heterocycles. The molecule has 0 radical (unpaired) electrons. The number of rotatable bonds is 5. The van der Waals surface area contributed by atoms with Gasteiger partial charge in [0.25, 0.3) is 0 Å². The van der Waals surface area contributed by atoms with Crippen LogP contribution in [0.4, 0.5) is 4.39 Å². The van der Waals surface area contributed by atoms with Crippen LogP contribution in [0.3, 0.4) is 0 Å². The van der Waals surface area contributed by atoms with Crippen molar-refractivity contribution in [3.8, 4) is 22.3 Å². The second-order valence-electron chi connectivity index (χ2n) is 7.62. The first kappa shape index (κ1) is 18.7. The molecule has 2 N–H and O–H groups in total. The minimum atomic E-state index is -0.727. The average Bonchev–Trinajstić information content (AvgIpc) is 3.28. The molecule has 0 aliphatic carbocycles. The summed E-state index contributed by atoms with van der Waals surface area (Å²) in [4.78, 5) is 3.22. The molecular formula is C22H21ClFN3O. The van der Waals surface area contributed by atoms with Gasteiger partial charge in [-0.25, -0.2) is 4.39 Å². The summed E-state index contributed by atoms with van der Waals surface area (Å²) in [5, 5.41) is 15.4. The Morgan fingerprint density at radius 1 is 1.18 bits per heavy atom. The lowest BCUT2D eigenvalue weighted by molar-refractivity contribution is 0.0651. The summed E-state index contributed by atoms with van der Waals surface area (Å²) >= 11 is 6.19. The lowest BCUT2D eigenvalue weighted by Gasteiger charge is -2.16. The number of aromatic amines is 1. The number of hydrogen-bond acceptors (Lipinski definition) is 2. The molecule has 0 aliphatic heterocycles. The van der Waals surface area contributed by atoms with Gasteiger partial charge in [0.05, 0.1) is 16.8 Å². The third kappa shape index (κ3) is 3.68. The molecule has 0 bridgehead atoms. The van der Waals surface area contributed by atoms with Crippen LogP contribution in [0.25, 0.3) is 33.2 Å². The molecule has 0 aliphatic rings. The van der Waals surface area contributed by atoms with Gasteiger partial charge < -0.3 is 10.1 Å². The summed E-state index contributed by atoms with van der Waals surface area (Å²) in [5.74, 6) is -0.433. The SMILES string of the molecule is CC(C)(O)CCn1cc(-c2ccc3[nH]cc(-c4cccc(F)c4Cl)c3c2)cn1. The molecule has 6 heteroatoms. The first-order valence-corrected chi connectivity index (χ1v) is 9.50. The van der Waals surface area contributed by atoms with Gasteiger partial charge in [-0.1, -0.05) is 29.8 Å². The van der Waals surface area contributed by atoms with Crippen LogP contribution in [0.2, 0.25) is 5.02 Å². The molecule has 0 atom stereocenters. The van der Waals surface area contributed by atoms with Crippen molar-refractivity contribution in [1.82, 2.24) is 14.8 Å². The highest BCUT2D eigenvalue weighted by Crippen LogP contribution is 2.36. The summed E-state index contributed by atoms with van der Waals surface area (Å²) in [7, 11) is 0. The van der Waals surface area contributed by atoms with E-state index in [1.165, 1.54) is 6.07 Å². The van der Waals surface area contributed by atoms with Crippen LogP contribution in [-0.2, 0) is 6.54 Å². The van der Waals surface area contributed by atoms with Crippen molar-refractivity contribution in [2.75, 3.05) is 0 Å². The van der Waals surface area contributed by atoms with Gasteiger partial charge in [0.1, 0.15) is 5.82 Å². The molecular weight excluding hydrogens is 377 g/mol. The van der Waals surface area contributed by atoms with Crippen molar-refractivity contribution < 1.29 is 9.50 Å². The molecule has 0 spiro atoms. The fourth-order valence-electron chi connectivity index (χ4n) is 3.26. The van der Waals surface area contributed by atoms with Crippen LogP contribution in [0.1, 0.15) is 20.3 Å². The van der Waals surface area contributed by atoms with Crippen molar-refractivity contribution in [1.29, 1.82) is 0 Å². The molecule has 0 fully saturated rings. The first-order valence-electron chi connectivity index (χ1n) is 9.12. The number of benzene rings is 2. The van der Waals surface area contributed by atoms with E-state index in [9.17, 15) is 9.50 Å². The zero-order valence-electron chi connectivity index (χ0n) is 15.7. The van der Waals surface area contributed by atoms with Crippen LogP contribution in [0.15, 0.2) is 55.0 Å². The Balaban J connectivity index is 1.71. The van der Waals surface area contributed by atoms with Gasteiger partial charge in [-0.3, -0.25) is 4.68 Å². The zero-order valence-corrected chi connectivity index (χ0v) is 16.5. The van der Waals surface area contributed by atoms with Gasteiger partial charge in [-0.05, 0) is 44.0 Å². The van der Waals surface area contributed by atoms with Crippen LogP contribution < -0.4 is 0 Å². The molecule has 0 amide bonds. The number of hydrogen-bond donors (Lipinski definition) is 2. The Morgan fingerprint density at radius 2 is 2.00 bits per heavy atom. The maximum absolute atomic E-state index is 13.9. The fourth-order valence-corrected chi connectivity index (χ4v) is 3.49. The van der Waals surface area contributed by atoms with E-state index < -0.39 is 11.4 Å². The van der Waals surface area contributed by atoms with Crippen LogP contribution >= 0.6 is 11.6 Å². The molecule has 2 heterocycles. The summed E-state index contributed by atoms with van der Waals surface area (Å²) in [5.41, 5.74) is 3.73. The molecule has 4 aromatic rings. The van der Waals surface area contributed by atoms with Gasteiger partial charge in [0.2, 0.25) is 0 Å². The number of aromatic nitrogens is 3. The van der Waals surface area contributed by atoms with E-state index in [1.54, 1.807) is 19.9 Å². The normalized spacial score (nSPS) is 12.0. The molecule has 28 heavy (non-hydrogen) atoms. The predicted molar refractivity (Wildman–Crippen MR) is 111 cm³/mol. The van der Waals surface area contributed by atoms with E-state index in [0.29, 0.717) is 18.5 Å². The Kier molecular flexibility index (Phi) is 4.73. The zero-order chi connectivity index (χ0) is 19.9. The quantitative estimate of drug-likeness (QED) is 0.457. The Morgan fingerprint density at radius 3 is 2.79 bits per heavy atom. The maximum Gasteiger partial charge on any atom is 0.142 e. The Labute approximate surface area is 167 Å². The monoisotopic (exact) mass is 397 g/mol. The number of nitrogens with zero attached hydrogens (tertiary/aromatic N) is 2. The number of fused-ring (bicyclic) bond motifs is 1. The van der Waals surface area contributed by atoms with E-state index in [0.717, 1.165) is 27.6 Å². The minimum Gasteiger partial charge on any atom is -0.390 e. The molecule has 2 aromatic carbocycles. The third-order valence-corrected chi connectivity index (χ3v) is 5.23. The second-order valence-corrected chi connectivity index (χ2v) is 8.00. The van der Waals surface area contributed by atoms with E-state index in [1.807, 2.05) is 41.5 Å². The molecule has 0 unspecified atom stereocenters. The number of halogens is 2.